The lowest BCUT2D eigenvalue weighted by atomic mass is 10.1. The minimum atomic E-state index is -2.96. The summed E-state index contributed by atoms with van der Waals surface area (Å²) in [4.78, 5) is 0. The van der Waals surface area contributed by atoms with Crippen LogP contribution in [0.25, 0.3) is 0 Å². The number of benzene rings is 1. The third-order valence-corrected chi connectivity index (χ3v) is 6.14. The molecule has 0 saturated carbocycles. The number of hydrogen-bond donors (Lipinski definition) is 1. The normalized spacial score (nSPS) is 18.8. The molecule has 1 heterocycles. The van der Waals surface area contributed by atoms with Crippen molar-refractivity contribution in [3.05, 3.63) is 33.8 Å². The maximum atomic E-state index is 11.6. The van der Waals surface area contributed by atoms with E-state index in [0.717, 1.165) is 17.4 Å². The highest BCUT2D eigenvalue weighted by Gasteiger charge is 2.27. The van der Waals surface area contributed by atoms with E-state index in [4.69, 9.17) is 0 Å². The number of sulfonamides is 1. The Bertz CT molecular complexity index is 546. The van der Waals surface area contributed by atoms with E-state index in [1.165, 1.54) is 11.1 Å². The van der Waals surface area contributed by atoms with Crippen LogP contribution >= 0.6 is 15.9 Å². The second-order valence-electron chi connectivity index (χ2n) is 4.83. The van der Waals surface area contributed by atoms with Crippen molar-refractivity contribution in [2.45, 2.75) is 19.9 Å². The van der Waals surface area contributed by atoms with E-state index < -0.39 is 10.0 Å². The van der Waals surface area contributed by atoms with Crippen LogP contribution in [0, 0.1) is 6.92 Å². The summed E-state index contributed by atoms with van der Waals surface area (Å²) >= 11 is 3.47. The quantitative estimate of drug-likeness (QED) is 0.828. The monoisotopic (exact) mass is 346 g/mol. The van der Waals surface area contributed by atoms with Crippen molar-refractivity contribution in [2.24, 2.45) is 0 Å². The summed E-state index contributed by atoms with van der Waals surface area (Å²) in [5.74, 6) is 0.304. The van der Waals surface area contributed by atoms with Crippen LogP contribution in [0.1, 0.15) is 17.5 Å². The first-order chi connectivity index (χ1) is 8.99. The molecule has 0 bridgehead atoms. The molecular weight excluding hydrogens is 328 g/mol. The molecule has 0 amide bonds. The van der Waals surface area contributed by atoms with Crippen molar-refractivity contribution in [2.75, 3.05) is 25.4 Å². The van der Waals surface area contributed by atoms with Crippen molar-refractivity contribution in [1.29, 1.82) is 0 Å². The van der Waals surface area contributed by atoms with E-state index in [1.807, 2.05) is 6.07 Å². The molecule has 1 aliphatic rings. The van der Waals surface area contributed by atoms with E-state index in [-0.39, 0.29) is 0 Å². The van der Waals surface area contributed by atoms with Crippen molar-refractivity contribution in [3.63, 3.8) is 0 Å². The summed E-state index contributed by atoms with van der Waals surface area (Å²) in [6.07, 6.45) is 0.758. The van der Waals surface area contributed by atoms with Crippen LogP contribution in [-0.4, -0.2) is 38.1 Å². The van der Waals surface area contributed by atoms with Gasteiger partial charge in [-0.15, -0.1) is 0 Å². The minimum absolute atomic E-state index is 0.304. The van der Waals surface area contributed by atoms with Crippen LogP contribution in [0.5, 0.6) is 0 Å². The highest BCUT2D eigenvalue weighted by Crippen LogP contribution is 2.17. The van der Waals surface area contributed by atoms with Crippen molar-refractivity contribution in [3.8, 4) is 0 Å². The van der Waals surface area contributed by atoms with E-state index in [9.17, 15) is 8.42 Å². The third kappa shape index (κ3) is 4.02. The number of nitrogens with one attached hydrogen (secondary N) is 1. The Hall–Kier alpha value is -0.430. The molecule has 4 nitrogen and oxygen atoms in total. The molecule has 1 fully saturated rings. The molecule has 6 heteroatoms. The summed E-state index contributed by atoms with van der Waals surface area (Å²) in [7, 11) is -2.96. The molecule has 0 aromatic heterocycles. The van der Waals surface area contributed by atoms with E-state index in [0.29, 0.717) is 25.4 Å². The molecule has 19 heavy (non-hydrogen) atoms. The molecule has 0 atom stereocenters. The molecule has 1 aromatic carbocycles. The summed E-state index contributed by atoms with van der Waals surface area (Å²) in [6.45, 7) is 4.75. The number of nitrogens with zero attached hydrogens (tertiary/aromatic N) is 1. The summed E-state index contributed by atoms with van der Waals surface area (Å²) < 4.78 is 25.9. The van der Waals surface area contributed by atoms with E-state index in [1.54, 1.807) is 4.31 Å². The van der Waals surface area contributed by atoms with Crippen LogP contribution in [0.4, 0.5) is 0 Å². The van der Waals surface area contributed by atoms with Gasteiger partial charge in [0.05, 0.1) is 5.75 Å². The lowest BCUT2D eigenvalue weighted by molar-refractivity contribution is 0.434. The standard InChI is InChI=1S/C13H19BrN2O2S/c1-11-9-12(3-4-13(11)14)10-15-5-7-16-6-2-8-19(16,17)18/h3-4,9,15H,2,5-8,10H2,1H3. The summed E-state index contributed by atoms with van der Waals surface area (Å²) in [5.41, 5.74) is 2.42. The Morgan fingerprint density at radius 1 is 1.42 bits per heavy atom. The lowest BCUT2D eigenvalue weighted by Crippen LogP contribution is -2.33. The fraction of sp³-hybridized carbons (Fsp3) is 0.538. The Labute approximate surface area is 123 Å². The molecule has 1 saturated heterocycles. The highest BCUT2D eigenvalue weighted by molar-refractivity contribution is 9.10. The molecule has 2 rings (SSSR count). The molecule has 0 unspecified atom stereocenters. The largest absolute Gasteiger partial charge is 0.311 e. The SMILES string of the molecule is Cc1cc(CNCCN2CCCS2(=O)=O)ccc1Br. The molecule has 1 aliphatic heterocycles. The maximum absolute atomic E-state index is 11.6. The molecule has 0 radical (unpaired) electrons. The zero-order valence-electron chi connectivity index (χ0n) is 11.0. The van der Waals surface area contributed by atoms with Gasteiger partial charge in [0, 0.05) is 30.7 Å². The smallest absolute Gasteiger partial charge is 0.214 e. The fourth-order valence-corrected chi connectivity index (χ4v) is 3.97. The summed E-state index contributed by atoms with van der Waals surface area (Å²) in [5, 5.41) is 3.29. The Morgan fingerprint density at radius 3 is 2.84 bits per heavy atom. The minimum Gasteiger partial charge on any atom is -0.311 e. The Balaban J connectivity index is 1.76. The van der Waals surface area contributed by atoms with Gasteiger partial charge < -0.3 is 5.32 Å². The first kappa shape index (κ1) is 15.0. The number of halogens is 1. The fourth-order valence-electron chi connectivity index (χ4n) is 2.20. The van der Waals surface area contributed by atoms with Crippen LogP contribution in [-0.2, 0) is 16.6 Å². The molecule has 0 spiro atoms. The van der Waals surface area contributed by atoms with Gasteiger partial charge in [0.15, 0.2) is 0 Å². The third-order valence-electron chi connectivity index (χ3n) is 3.29. The molecular formula is C13H19BrN2O2S. The second-order valence-corrected chi connectivity index (χ2v) is 7.77. The Morgan fingerprint density at radius 2 is 2.21 bits per heavy atom. The van der Waals surface area contributed by atoms with Gasteiger partial charge in [0.1, 0.15) is 0 Å². The van der Waals surface area contributed by atoms with Crippen LogP contribution in [0.3, 0.4) is 0 Å². The van der Waals surface area contributed by atoms with Gasteiger partial charge in [0.2, 0.25) is 10.0 Å². The van der Waals surface area contributed by atoms with Crippen molar-refractivity contribution < 1.29 is 8.42 Å². The highest BCUT2D eigenvalue weighted by atomic mass is 79.9. The van der Waals surface area contributed by atoms with Gasteiger partial charge in [-0.05, 0) is 30.5 Å². The van der Waals surface area contributed by atoms with Crippen LogP contribution < -0.4 is 5.32 Å². The zero-order valence-corrected chi connectivity index (χ0v) is 13.4. The van der Waals surface area contributed by atoms with Gasteiger partial charge in [-0.1, -0.05) is 28.1 Å². The predicted molar refractivity (Wildman–Crippen MR) is 80.6 cm³/mol. The van der Waals surface area contributed by atoms with Gasteiger partial charge in [-0.3, -0.25) is 0 Å². The second kappa shape index (κ2) is 6.35. The average Bonchev–Trinajstić information content (AvgIpc) is 2.68. The average molecular weight is 347 g/mol. The number of rotatable bonds is 5. The van der Waals surface area contributed by atoms with Crippen molar-refractivity contribution in [1.82, 2.24) is 9.62 Å². The van der Waals surface area contributed by atoms with Crippen LogP contribution in [0.2, 0.25) is 0 Å². The lowest BCUT2D eigenvalue weighted by Gasteiger charge is -2.14. The molecule has 106 valence electrons. The number of hydrogen-bond acceptors (Lipinski definition) is 3. The van der Waals surface area contributed by atoms with Gasteiger partial charge in [0.25, 0.3) is 0 Å². The van der Waals surface area contributed by atoms with Crippen molar-refractivity contribution >= 4 is 26.0 Å². The molecule has 0 aliphatic carbocycles. The van der Waals surface area contributed by atoms with Gasteiger partial charge in [-0.25, -0.2) is 12.7 Å². The Kier molecular flexibility index (Phi) is 5.00. The molecule has 1 aromatic rings. The first-order valence-electron chi connectivity index (χ1n) is 6.42. The van der Waals surface area contributed by atoms with Gasteiger partial charge >= 0.3 is 0 Å². The maximum Gasteiger partial charge on any atom is 0.214 e. The van der Waals surface area contributed by atoms with Crippen LogP contribution in [0.15, 0.2) is 22.7 Å². The first-order valence-corrected chi connectivity index (χ1v) is 8.83. The molecule has 1 N–H and O–H groups in total. The zero-order chi connectivity index (χ0) is 13.9. The van der Waals surface area contributed by atoms with Gasteiger partial charge in [-0.2, -0.15) is 0 Å². The topological polar surface area (TPSA) is 49.4 Å². The predicted octanol–water partition coefficient (Wildman–Crippen LogP) is 1.88. The van der Waals surface area contributed by atoms with E-state index in [2.05, 4.69) is 40.3 Å². The number of aryl methyl sites for hydroxylation is 1. The van der Waals surface area contributed by atoms with E-state index >= 15 is 0 Å². The summed E-state index contributed by atoms with van der Waals surface area (Å²) in [6, 6.07) is 6.23.